The van der Waals surface area contributed by atoms with Crippen LogP contribution in [0.1, 0.15) is 12.0 Å². The van der Waals surface area contributed by atoms with Crippen LogP contribution in [-0.2, 0) is 11.2 Å². The fourth-order valence-electron chi connectivity index (χ4n) is 1.72. The molecule has 1 aliphatic rings. The Morgan fingerprint density at radius 3 is 2.19 bits per heavy atom. The van der Waals surface area contributed by atoms with E-state index in [1.54, 1.807) is 12.1 Å². The van der Waals surface area contributed by atoms with E-state index in [9.17, 15) is 12.9 Å². The van der Waals surface area contributed by atoms with Crippen LogP contribution in [-0.4, -0.2) is 20.2 Å². The molecule has 0 radical (unpaired) electrons. The van der Waals surface area contributed by atoms with Crippen molar-refractivity contribution >= 4 is 12.4 Å². The molecule has 0 amide bonds. The van der Waals surface area contributed by atoms with Gasteiger partial charge in [-0.2, -0.15) is 0 Å². The van der Waals surface area contributed by atoms with E-state index in [1.807, 2.05) is 0 Å². The molecule has 1 aliphatic heterocycles. The van der Waals surface area contributed by atoms with Gasteiger partial charge >= 0.3 is 6.98 Å². The van der Waals surface area contributed by atoms with Crippen molar-refractivity contribution in [2.45, 2.75) is 12.8 Å². The smallest absolute Gasteiger partial charge is 0.445 e. The summed E-state index contributed by atoms with van der Waals surface area (Å²) in [4.78, 5) is 0. The van der Waals surface area contributed by atoms with Crippen molar-refractivity contribution in [3.8, 4) is 0 Å². The van der Waals surface area contributed by atoms with Crippen molar-refractivity contribution in [3.63, 3.8) is 0 Å². The summed E-state index contributed by atoms with van der Waals surface area (Å²) < 4.78 is 42.1. The van der Waals surface area contributed by atoms with E-state index >= 15 is 0 Å². The van der Waals surface area contributed by atoms with Gasteiger partial charge in [-0.1, -0.05) is 24.3 Å². The average Bonchev–Trinajstić information content (AvgIpc) is 2.15. The van der Waals surface area contributed by atoms with Crippen LogP contribution in [0.5, 0.6) is 0 Å². The molecule has 1 aromatic rings. The Morgan fingerprint density at radius 2 is 1.75 bits per heavy atom. The molecule has 0 aliphatic carbocycles. The number of benzene rings is 1. The Balaban J connectivity index is 1.91. The highest BCUT2D eigenvalue weighted by atomic mass is 19.4. The highest BCUT2D eigenvalue weighted by Gasteiger charge is 2.25. The number of hydrogen-bond donors (Lipinski definition) is 0. The molecule has 0 atom stereocenters. The van der Waals surface area contributed by atoms with E-state index in [1.165, 1.54) is 12.1 Å². The van der Waals surface area contributed by atoms with Crippen molar-refractivity contribution in [1.82, 2.24) is 0 Å². The van der Waals surface area contributed by atoms with Gasteiger partial charge in [-0.15, -0.1) is 5.46 Å². The summed E-state index contributed by atoms with van der Waals surface area (Å²) in [6.45, 7) is -3.27. The SMILES string of the molecule is F[B-](F)(F)c1ccc(CCC2COC2)cc1. The van der Waals surface area contributed by atoms with Crippen molar-refractivity contribution < 1.29 is 17.7 Å². The molecule has 5 heteroatoms. The van der Waals surface area contributed by atoms with Crippen molar-refractivity contribution in [2.75, 3.05) is 13.2 Å². The van der Waals surface area contributed by atoms with Crippen LogP contribution in [0, 0.1) is 5.92 Å². The highest BCUT2D eigenvalue weighted by Crippen LogP contribution is 2.17. The Bertz CT molecular complexity index is 343. The van der Waals surface area contributed by atoms with Gasteiger partial charge in [0, 0.05) is 5.92 Å². The zero-order valence-corrected chi connectivity index (χ0v) is 8.83. The van der Waals surface area contributed by atoms with Crippen LogP contribution in [0.3, 0.4) is 0 Å². The Kier molecular flexibility index (Phi) is 3.24. The third kappa shape index (κ3) is 2.79. The van der Waals surface area contributed by atoms with Gasteiger partial charge in [-0.05, 0) is 18.4 Å². The lowest BCUT2D eigenvalue weighted by Crippen LogP contribution is -2.33. The van der Waals surface area contributed by atoms with Gasteiger partial charge in [-0.25, -0.2) is 0 Å². The first kappa shape index (κ1) is 11.5. The zero-order valence-electron chi connectivity index (χ0n) is 8.83. The summed E-state index contributed by atoms with van der Waals surface area (Å²) in [5, 5.41) is 0. The molecule has 1 nitrogen and oxygen atoms in total. The largest absolute Gasteiger partial charge is 0.509 e. The fraction of sp³-hybridized carbons (Fsp3) is 0.455. The van der Waals surface area contributed by atoms with Gasteiger partial charge in [0.05, 0.1) is 13.2 Å². The van der Waals surface area contributed by atoms with Crippen molar-refractivity contribution in [1.29, 1.82) is 0 Å². The molecule has 0 bridgehead atoms. The Morgan fingerprint density at radius 1 is 1.12 bits per heavy atom. The number of aryl methyl sites for hydroxylation is 1. The second-order valence-corrected chi connectivity index (χ2v) is 4.26. The minimum atomic E-state index is -4.86. The molecule has 0 saturated carbocycles. The average molecular weight is 229 g/mol. The van der Waals surface area contributed by atoms with Crippen LogP contribution >= 0.6 is 0 Å². The lowest BCUT2D eigenvalue weighted by Gasteiger charge is -2.25. The number of hydrogen-bond acceptors (Lipinski definition) is 1. The first-order valence-electron chi connectivity index (χ1n) is 5.42. The van der Waals surface area contributed by atoms with E-state index in [4.69, 9.17) is 4.74 Å². The van der Waals surface area contributed by atoms with Gasteiger partial charge in [0.15, 0.2) is 0 Å². The zero-order chi connectivity index (χ0) is 11.6. The predicted octanol–water partition coefficient (Wildman–Crippen LogP) is 2.32. The van der Waals surface area contributed by atoms with Crippen molar-refractivity contribution in [2.24, 2.45) is 5.92 Å². The van der Waals surface area contributed by atoms with Crippen molar-refractivity contribution in [3.05, 3.63) is 29.8 Å². The molecule has 1 fully saturated rings. The molecule has 88 valence electrons. The molecular formula is C11H13BF3O-. The molecule has 0 N–H and O–H groups in total. The molecule has 1 saturated heterocycles. The number of rotatable bonds is 4. The first-order chi connectivity index (χ1) is 7.55. The van der Waals surface area contributed by atoms with Gasteiger partial charge < -0.3 is 17.7 Å². The maximum absolute atomic E-state index is 12.3. The third-order valence-corrected chi connectivity index (χ3v) is 2.91. The summed E-state index contributed by atoms with van der Waals surface area (Å²) in [5.74, 6) is 0.589. The van der Waals surface area contributed by atoms with Crippen LogP contribution in [0.15, 0.2) is 24.3 Å². The fourth-order valence-corrected chi connectivity index (χ4v) is 1.72. The first-order valence-corrected chi connectivity index (χ1v) is 5.42. The minimum Gasteiger partial charge on any atom is -0.445 e. The van der Waals surface area contributed by atoms with E-state index in [0.29, 0.717) is 5.92 Å². The quantitative estimate of drug-likeness (QED) is 0.720. The van der Waals surface area contributed by atoms with E-state index in [0.717, 1.165) is 31.6 Å². The maximum Gasteiger partial charge on any atom is 0.509 e. The molecular weight excluding hydrogens is 216 g/mol. The summed E-state index contributed by atoms with van der Waals surface area (Å²) in [7, 11) is 0. The second kappa shape index (κ2) is 4.49. The molecule has 1 aromatic carbocycles. The molecule has 0 aromatic heterocycles. The highest BCUT2D eigenvalue weighted by molar-refractivity contribution is 6.73. The van der Waals surface area contributed by atoms with Crippen LogP contribution in [0.25, 0.3) is 0 Å². The number of halogens is 3. The summed E-state index contributed by atoms with van der Waals surface area (Å²) in [5.41, 5.74) is 0.450. The molecule has 0 spiro atoms. The molecule has 1 heterocycles. The van der Waals surface area contributed by atoms with Gasteiger partial charge in [0.2, 0.25) is 0 Å². The standard InChI is InChI=1S/C11H13BF3O/c13-12(14,15)11-5-3-9(4-6-11)1-2-10-7-16-8-10/h3-6,10H,1-2,7-8H2/q-1. The van der Waals surface area contributed by atoms with Crippen LogP contribution in [0.2, 0.25) is 0 Å². The van der Waals surface area contributed by atoms with Gasteiger partial charge in [0.25, 0.3) is 0 Å². The normalized spacial score (nSPS) is 17.2. The van der Waals surface area contributed by atoms with E-state index in [-0.39, 0.29) is 0 Å². The second-order valence-electron chi connectivity index (χ2n) is 4.26. The molecule has 16 heavy (non-hydrogen) atoms. The Labute approximate surface area is 92.7 Å². The third-order valence-electron chi connectivity index (χ3n) is 2.91. The van der Waals surface area contributed by atoms with Crippen LogP contribution < -0.4 is 5.46 Å². The van der Waals surface area contributed by atoms with Gasteiger partial charge in [0.1, 0.15) is 0 Å². The lowest BCUT2D eigenvalue weighted by molar-refractivity contribution is -0.0352. The topological polar surface area (TPSA) is 9.23 Å². The summed E-state index contributed by atoms with van der Waals surface area (Å²) in [6, 6.07) is 5.49. The summed E-state index contributed by atoms with van der Waals surface area (Å²) in [6.07, 6.45) is 1.83. The summed E-state index contributed by atoms with van der Waals surface area (Å²) >= 11 is 0. The van der Waals surface area contributed by atoms with E-state index < -0.39 is 12.4 Å². The van der Waals surface area contributed by atoms with Gasteiger partial charge in [-0.3, -0.25) is 0 Å². The Hall–Kier alpha value is -0.965. The lowest BCUT2D eigenvalue weighted by atomic mass is 9.79. The van der Waals surface area contributed by atoms with E-state index in [2.05, 4.69) is 0 Å². The van der Waals surface area contributed by atoms with Crippen LogP contribution in [0.4, 0.5) is 12.9 Å². The predicted molar refractivity (Wildman–Crippen MR) is 57.8 cm³/mol. The molecule has 0 unspecified atom stereocenters. The number of ether oxygens (including phenoxy) is 1. The maximum atomic E-state index is 12.3. The molecule has 2 rings (SSSR count). The monoisotopic (exact) mass is 229 g/mol. The minimum absolute atomic E-state index is 0.518.